The molecule has 27 heavy (non-hydrogen) atoms. The summed E-state index contributed by atoms with van der Waals surface area (Å²) in [4.78, 5) is 21.3. The summed E-state index contributed by atoms with van der Waals surface area (Å²) in [5.74, 6) is 0.562. The number of aliphatic imine (C=N–C) groups is 1. The van der Waals surface area contributed by atoms with E-state index in [1.165, 1.54) is 11.8 Å². The van der Waals surface area contributed by atoms with Gasteiger partial charge in [-0.15, -0.1) is 0 Å². The summed E-state index contributed by atoms with van der Waals surface area (Å²) in [7, 11) is 0. The van der Waals surface area contributed by atoms with Crippen LogP contribution in [0.4, 0.5) is 5.82 Å². The van der Waals surface area contributed by atoms with Crippen LogP contribution in [-0.4, -0.2) is 50.9 Å². The average molecular weight is 418 g/mol. The molecule has 4 rings (SSSR count). The Kier molecular flexibility index (Phi) is 5.56. The van der Waals surface area contributed by atoms with Gasteiger partial charge in [-0.2, -0.15) is 13.7 Å². The van der Waals surface area contributed by atoms with Gasteiger partial charge in [0, 0.05) is 26.2 Å². The minimum Gasteiger partial charge on any atom is -0.350 e. The Bertz CT molecular complexity index is 917. The van der Waals surface area contributed by atoms with Crippen LogP contribution in [0.25, 0.3) is 6.08 Å². The van der Waals surface area contributed by atoms with E-state index < -0.39 is 0 Å². The molecular weight excluding hydrogens is 402 g/mol. The van der Waals surface area contributed by atoms with Crippen LogP contribution >= 0.6 is 35.1 Å². The average Bonchev–Trinajstić information content (AvgIpc) is 3.29. The highest BCUT2D eigenvalue weighted by Gasteiger charge is 2.29. The van der Waals surface area contributed by atoms with Crippen LogP contribution in [0.2, 0.25) is 5.15 Å². The number of halogens is 1. The number of rotatable bonds is 3. The number of aromatic nitrogens is 2. The number of amides is 1. The molecule has 2 aliphatic rings. The molecule has 0 bridgehead atoms. The molecule has 138 valence electrons. The van der Waals surface area contributed by atoms with E-state index in [4.69, 9.17) is 11.6 Å². The third kappa shape index (κ3) is 4.23. The molecular formula is C18H16ClN5OS2. The van der Waals surface area contributed by atoms with Gasteiger partial charge in [-0.3, -0.25) is 4.79 Å². The maximum Gasteiger partial charge on any atom is 0.286 e. The normalized spacial score (nSPS) is 19.4. The maximum atomic E-state index is 12.2. The van der Waals surface area contributed by atoms with Gasteiger partial charge < -0.3 is 9.80 Å². The lowest BCUT2D eigenvalue weighted by Gasteiger charge is -2.35. The largest absolute Gasteiger partial charge is 0.350 e. The molecule has 0 spiro atoms. The molecule has 6 nitrogen and oxygen atoms in total. The zero-order valence-electron chi connectivity index (χ0n) is 14.3. The number of carbonyl (C=O) groups is 1. The Balaban J connectivity index is 1.35. The molecule has 1 aromatic carbocycles. The van der Waals surface area contributed by atoms with E-state index in [1.54, 1.807) is 0 Å². The third-order valence-corrected chi connectivity index (χ3v) is 6.16. The van der Waals surface area contributed by atoms with Crippen molar-refractivity contribution in [3.8, 4) is 0 Å². The Morgan fingerprint density at radius 1 is 1.04 bits per heavy atom. The van der Waals surface area contributed by atoms with Gasteiger partial charge in [0.05, 0.1) is 16.6 Å². The van der Waals surface area contributed by atoms with Crippen LogP contribution in [-0.2, 0) is 4.79 Å². The van der Waals surface area contributed by atoms with Gasteiger partial charge in [0.1, 0.15) is 0 Å². The molecule has 0 saturated carbocycles. The highest BCUT2D eigenvalue weighted by Crippen LogP contribution is 2.30. The minimum absolute atomic E-state index is 0.179. The molecule has 0 radical (unpaired) electrons. The van der Waals surface area contributed by atoms with Gasteiger partial charge in [-0.25, -0.2) is 0 Å². The van der Waals surface area contributed by atoms with Crippen LogP contribution in [0.15, 0.2) is 52.4 Å². The van der Waals surface area contributed by atoms with E-state index >= 15 is 0 Å². The van der Waals surface area contributed by atoms with Gasteiger partial charge in [0.15, 0.2) is 16.1 Å². The second kappa shape index (κ2) is 8.24. The number of nitrogens with zero attached hydrogens (tertiary/aromatic N) is 5. The summed E-state index contributed by atoms with van der Waals surface area (Å²) in [5, 5.41) is 1.22. The fourth-order valence-electron chi connectivity index (χ4n) is 2.83. The van der Waals surface area contributed by atoms with Crippen molar-refractivity contribution in [1.82, 2.24) is 13.6 Å². The topological polar surface area (TPSA) is 61.7 Å². The van der Waals surface area contributed by atoms with Gasteiger partial charge in [0.25, 0.3) is 5.91 Å². The Labute approximate surface area is 170 Å². The predicted molar refractivity (Wildman–Crippen MR) is 112 cm³/mol. The molecule has 0 N–H and O–H groups in total. The fraction of sp³-hybridized carbons (Fsp3) is 0.222. The summed E-state index contributed by atoms with van der Waals surface area (Å²) >= 11 is 8.61. The Hall–Kier alpha value is -2.16. The van der Waals surface area contributed by atoms with E-state index in [9.17, 15) is 4.79 Å². The second-order valence-corrected chi connectivity index (χ2v) is 7.85. The lowest BCUT2D eigenvalue weighted by atomic mass is 10.2. The molecule has 2 aliphatic heterocycles. The number of amidine groups is 1. The van der Waals surface area contributed by atoms with Gasteiger partial charge in [0.2, 0.25) is 0 Å². The molecule has 1 aromatic heterocycles. The highest BCUT2D eigenvalue weighted by atomic mass is 35.5. The Morgan fingerprint density at radius 3 is 2.48 bits per heavy atom. The van der Waals surface area contributed by atoms with E-state index in [-0.39, 0.29) is 5.91 Å². The van der Waals surface area contributed by atoms with Crippen molar-refractivity contribution in [3.05, 3.63) is 58.1 Å². The van der Waals surface area contributed by atoms with Crippen molar-refractivity contribution in [2.45, 2.75) is 0 Å². The van der Waals surface area contributed by atoms with Gasteiger partial charge >= 0.3 is 0 Å². The zero-order valence-corrected chi connectivity index (χ0v) is 16.7. The first-order valence-corrected chi connectivity index (χ1v) is 10.4. The minimum atomic E-state index is -0.179. The summed E-state index contributed by atoms with van der Waals surface area (Å²) in [5.41, 5.74) is 1.09. The molecule has 3 heterocycles. The predicted octanol–water partition coefficient (Wildman–Crippen LogP) is 3.54. The second-order valence-electron chi connectivity index (χ2n) is 5.96. The van der Waals surface area contributed by atoms with Crippen molar-refractivity contribution in [1.29, 1.82) is 0 Å². The number of benzene rings is 1. The van der Waals surface area contributed by atoms with E-state index in [2.05, 4.69) is 23.5 Å². The number of anilines is 1. The molecule has 1 saturated heterocycles. The first-order chi connectivity index (χ1) is 13.2. The number of piperazine rings is 1. The van der Waals surface area contributed by atoms with E-state index in [0.29, 0.717) is 10.1 Å². The van der Waals surface area contributed by atoms with Crippen molar-refractivity contribution in [3.63, 3.8) is 0 Å². The van der Waals surface area contributed by atoms with Crippen LogP contribution in [0.3, 0.4) is 0 Å². The molecule has 0 unspecified atom stereocenters. The molecule has 2 aromatic rings. The van der Waals surface area contributed by atoms with Crippen molar-refractivity contribution in [2.24, 2.45) is 4.99 Å². The monoisotopic (exact) mass is 417 g/mol. The Morgan fingerprint density at radius 2 is 1.78 bits per heavy atom. The van der Waals surface area contributed by atoms with Gasteiger partial charge in [-0.05, 0) is 23.4 Å². The summed E-state index contributed by atoms with van der Waals surface area (Å²) < 4.78 is 8.26. The van der Waals surface area contributed by atoms with E-state index in [0.717, 1.165) is 54.5 Å². The first-order valence-electron chi connectivity index (χ1n) is 8.43. The SMILES string of the molecule is O=C1N=C(N2CCN(c3nsnc3Cl)CC2)SC1=CC=Cc1ccccc1. The first kappa shape index (κ1) is 18.2. The highest BCUT2D eigenvalue weighted by molar-refractivity contribution is 8.18. The summed E-state index contributed by atoms with van der Waals surface area (Å²) in [6, 6.07) is 9.98. The molecule has 1 fully saturated rings. The molecule has 9 heteroatoms. The number of allylic oxidation sites excluding steroid dienone is 2. The fourth-order valence-corrected chi connectivity index (χ4v) is 4.52. The van der Waals surface area contributed by atoms with Crippen LogP contribution < -0.4 is 4.90 Å². The standard InChI is InChI=1S/C18H16ClN5OS2/c19-15-16(22-27-21-15)23-9-11-24(12-10-23)18-20-17(25)14(26-18)8-4-7-13-5-2-1-3-6-13/h1-8H,9-12H2. The van der Waals surface area contributed by atoms with Crippen molar-refractivity contribution >= 4 is 58.1 Å². The van der Waals surface area contributed by atoms with E-state index in [1.807, 2.05) is 48.6 Å². The van der Waals surface area contributed by atoms with Crippen LogP contribution in [0.1, 0.15) is 5.56 Å². The molecule has 0 aliphatic carbocycles. The zero-order chi connectivity index (χ0) is 18.6. The van der Waals surface area contributed by atoms with Crippen LogP contribution in [0.5, 0.6) is 0 Å². The molecule has 0 atom stereocenters. The lowest BCUT2D eigenvalue weighted by molar-refractivity contribution is -0.113. The number of hydrogen-bond acceptors (Lipinski definition) is 7. The summed E-state index contributed by atoms with van der Waals surface area (Å²) in [6.45, 7) is 3.07. The van der Waals surface area contributed by atoms with Gasteiger partial charge in [-0.1, -0.05) is 54.1 Å². The van der Waals surface area contributed by atoms with Crippen molar-refractivity contribution < 1.29 is 4.79 Å². The number of carbonyl (C=O) groups excluding carboxylic acids is 1. The lowest BCUT2D eigenvalue weighted by Crippen LogP contribution is -2.48. The summed E-state index contributed by atoms with van der Waals surface area (Å²) in [6.07, 6.45) is 5.69. The molecule has 1 amide bonds. The maximum absolute atomic E-state index is 12.2. The quantitative estimate of drug-likeness (QED) is 0.712. The smallest absolute Gasteiger partial charge is 0.286 e. The number of hydrogen-bond donors (Lipinski definition) is 0. The van der Waals surface area contributed by atoms with Crippen molar-refractivity contribution in [2.75, 3.05) is 31.1 Å². The van der Waals surface area contributed by atoms with Crippen LogP contribution in [0, 0.1) is 0 Å². The third-order valence-electron chi connectivity index (χ3n) is 4.23. The number of thioether (sulfide) groups is 1.